The monoisotopic (exact) mass is 364 g/mol. The van der Waals surface area contributed by atoms with Crippen molar-refractivity contribution in [2.45, 2.75) is 13.3 Å². The molecule has 5 nitrogen and oxygen atoms in total. The number of fused-ring (bicyclic) bond motifs is 1. The van der Waals surface area contributed by atoms with Gasteiger partial charge in [-0.05, 0) is 41.9 Å². The number of likely N-dealkylation sites (N-methyl/N-ethyl adjacent to an activating group) is 1. The van der Waals surface area contributed by atoms with E-state index in [1.807, 2.05) is 37.3 Å². The number of para-hydroxylation sites is 1. The van der Waals surface area contributed by atoms with Crippen molar-refractivity contribution >= 4 is 45.8 Å². The summed E-state index contributed by atoms with van der Waals surface area (Å²) < 4.78 is 0. The zero-order valence-corrected chi connectivity index (χ0v) is 15.2. The quantitative estimate of drug-likeness (QED) is 0.760. The van der Waals surface area contributed by atoms with Crippen LogP contribution < -0.4 is 9.80 Å². The lowest BCUT2D eigenvalue weighted by Gasteiger charge is -2.13. The number of amides is 3. The minimum absolute atomic E-state index is 0.191. The highest BCUT2D eigenvalue weighted by Crippen LogP contribution is 2.44. The molecule has 2 aromatic carbocycles. The summed E-state index contributed by atoms with van der Waals surface area (Å²) in [4.78, 5) is 41.0. The number of nitrogens with zero attached hydrogens (tertiary/aromatic N) is 2. The van der Waals surface area contributed by atoms with Gasteiger partial charge in [-0.2, -0.15) is 0 Å². The van der Waals surface area contributed by atoms with Crippen LogP contribution in [0.4, 0.5) is 16.2 Å². The Balaban J connectivity index is 1.80. The Hall–Kier alpha value is -2.86. The predicted molar refractivity (Wildman–Crippen MR) is 103 cm³/mol. The second kappa shape index (κ2) is 6.14. The molecular weight excluding hydrogens is 348 g/mol. The third-order valence-electron chi connectivity index (χ3n) is 4.65. The number of carbonyl (C=O) groups excluding carboxylic acids is 3. The molecule has 0 bridgehead atoms. The number of anilines is 2. The third kappa shape index (κ3) is 2.37. The van der Waals surface area contributed by atoms with Gasteiger partial charge in [-0.3, -0.25) is 14.4 Å². The number of thioether (sulfide) groups is 1. The zero-order valence-electron chi connectivity index (χ0n) is 14.4. The minimum atomic E-state index is -0.447. The van der Waals surface area contributed by atoms with Crippen molar-refractivity contribution in [1.82, 2.24) is 0 Å². The molecule has 0 spiro atoms. The molecule has 2 heterocycles. The molecule has 0 radical (unpaired) electrons. The van der Waals surface area contributed by atoms with Gasteiger partial charge in [0.1, 0.15) is 0 Å². The second-order valence-electron chi connectivity index (χ2n) is 6.11. The van der Waals surface area contributed by atoms with Crippen LogP contribution in [0.25, 0.3) is 5.57 Å². The first kappa shape index (κ1) is 16.6. The van der Waals surface area contributed by atoms with Gasteiger partial charge in [0.05, 0.1) is 21.9 Å². The maximum absolute atomic E-state index is 13.0. The molecule has 0 unspecified atom stereocenters. The van der Waals surface area contributed by atoms with Crippen LogP contribution >= 0.6 is 11.8 Å². The molecule has 6 heteroatoms. The molecule has 0 atom stereocenters. The van der Waals surface area contributed by atoms with Crippen LogP contribution in [0.1, 0.15) is 18.1 Å². The van der Waals surface area contributed by atoms with Crippen molar-refractivity contribution in [2.24, 2.45) is 0 Å². The topological polar surface area (TPSA) is 57.7 Å². The normalized spacial score (nSPS) is 19.5. The highest BCUT2D eigenvalue weighted by Gasteiger charge is 2.43. The highest BCUT2D eigenvalue weighted by atomic mass is 32.2. The van der Waals surface area contributed by atoms with Crippen LogP contribution in [0, 0.1) is 0 Å². The number of hydrogen-bond acceptors (Lipinski definition) is 4. The SMILES string of the molecule is CCc1ccc(N2C(=O)S/C(=C3\C(=O)N(C)c4ccccc43)C2=O)cc1. The summed E-state index contributed by atoms with van der Waals surface area (Å²) in [5.74, 6) is -0.712. The molecule has 0 N–H and O–H groups in total. The molecule has 26 heavy (non-hydrogen) atoms. The Bertz CT molecular complexity index is 979. The maximum atomic E-state index is 13.0. The van der Waals surface area contributed by atoms with Gasteiger partial charge in [0, 0.05) is 12.6 Å². The Kier molecular flexibility index (Phi) is 3.92. The molecule has 2 aliphatic heterocycles. The number of carbonyl (C=O) groups is 3. The number of benzene rings is 2. The molecule has 2 aromatic rings. The van der Waals surface area contributed by atoms with E-state index in [1.54, 1.807) is 25.2 Å². The van der Waals surface area contributed by atoms with E-state index in [4.69, 9.17) is 0 Å². The summed E-state index contributed by atoms with van der Waals surface area (Å²) in [5.41, 5.74) is 3.38. The lowest BCUT2D eigenvalue weighted by atomic mass is 10.1. The summed E-state index contributed by atoms with van der Waals surface area (Å²) in [6.45, 7) is 2.04. The first-order valence-electron chi connectivity index (χ1n) is 8.30. The van der Waals surface area contributed by atoms with Gasteiger partial charge in [-0.25, -0.2) is 4.90 Å². The molecule has 4 rings (SSSR count). The summed E-state index contributed by atoms with van der Waals surface area (Å²) in [7, 11) is 1.67. The van der Waals surface area contributed by atoms with E-state index in [2.05, 4.69) is 0 Å². The van der Waals surface area contributed by atoms with Crippen LogP contribution in [-0.2, 0) is 16.0 Å². The van der Waals surface area contributed by atoms with Gasteiger partial charge >= 0.3 is 0 Å². The van der Waals surface area contributed by atoms with E-state index in [9.17, 15) is 14.4 Å². The average molecular weight is 364 g/mol. The fraction of sp³-hybridized carbons (Fsp3) is 0.150. The number of hydrogen-bond donors (Lipinski definition) is 0. The molecule has 0 saturated carbocycles. The van der Waals surface area contributed by atoms with Gasteiger partial charge in [0.2, 0.25) is 0 Å². The number of rotatable bonds is 2. The second-order valence-corrected chi connectivity index (χ2v) is 7.08. The standard InChI is InChI=1S/C20H16N2O3S/c1-3-12-8-10-13(11-9-12)22-19(24)17(26-20(22)25)16-14-6-4-5-7-15(14)21(2)18(16)23/h4-11H,3H2,1-2H3/b17-16-. The smallest absolute Gasteiger partial charge is 0.298 e. The van der Waals surface area contributed by atoms with Gasteiger partial charge in [-0.1, -0.05) is 37.3 Å². The van der Waals surface area contributed by atoms with E-state index in [1.165, 1.54) is 4.90 Å². The van der Waals surface area contributed by atoms with Crippen molar-refractivity contribution in [2.75, 3.05) is 16.8 Å². The van der Waals surface area contributed by atoms with Crippen molar-refractivity contribution in [1.29, 1.82) is 0 Å². The summed E-state index contributed by atoms with van der Waals surface area (Å²) in [5, 5.41) is -0.387. The van der Waals surface area contributed by atoms with Crippen LogP contribution in [0.3, 0.4) is 0 Å². The fourth-order valence-corrected chi connectivity index (χ4v) is 4.14. The number of imide groups is 1. The van der Waals surface area contributed by atoms with Crippen LogP contribution in [-0.4, -0.2) is 24.1 Å². The van der Waals surface area contributed by atoms with E-state index in [0.29, 0.717) is 16.8 Å². The molecule has 130 valence electrons. The lowest BCUT2D eigenvalue weighted by molar-refractivity contribution is -0.115. The predicted octanol–water partition coefficient (Wildman–Crippen LogP) is 3.84. The van der Waals surface area contributed by atoms with E-state index in [-0.39, 0.29) is 16.1 Å². The first-order valence-corrected chi connectivity index (χ1v) is 9.11. The Morgan fingerprint density at radius 2 is 1.62 bits per heavy atom. The molecular formula is C20H16N2O3S. The van der Waals surface area contributed by atoms with E-state index in [0.717, 1.165) is 34.3 Å². The summed E-state index contributed by atoms with van der Waals surface area (Å²) in [6, 6.07) is 14.6. The zero-order chi connectivity index (χ0) is 18.4. The molecule has 3 amide bonds. The largest absolute Gasteiger partial charge is 0.311 e. The van der Waals surface area contributed by atoms with Crippen molar-refractivity contribution in [3.63, 3.8) is 0 Å². The fourth-order valence-electron chi connectivity index (χ4n) is 3.21. The number of aryl methyl sites for hydroxylation is 1. The molecule has 2 aliphatic rings. The Morgan fingerprint density at radius 1 is 0.923 bits per heavy atom. The van der Waals surface area contributed by atoms with Gasteiger partial charge in [0.25, 0.3) is 17.1 Å². The van der Waals surface area contributed by atoms with E-state index >= 15 is 0 Å². The Morgan fingerprint density at radius 3 is 2.31 bits per heavy atom. The molecule has 1 saturated heterocycles. The molecule has 1 fully saturated rings. The van der Waals surface area contributed by atoms with Gasteiger partial charge in [-0.15, -0.1) is 0 Å². The van der Waals surface area contributed by atoms with Crippen molar-refractivity contribution in [3.05, 3.63) is 64.6 Å². The minimum Gasteiger partial charge on any atom is -0.311 e. The molecule has 0 aliphatic carbocycles. The van der Waals surface area contributed by atoms with Crippen LogP contribution in [0.2, 0.25) is 0 Å². The first-order chi connectivity index (χ1) is 12.5. The van der Waals surface area contributed by atoms with Crippen LogP contribution in [0.5, 0.6) is 0 Å². The van der Waals surface area contributed by atoms with Crippen molar-refractivity contribution < 1.29 is 14.4 Å². The Labute approximate surface area is 155 Å². The van der Waals surface area contributed by atoms with Crippen LogP contribution in [0.15, 0.2) is 53.4 Å². The lowest BCUT2D eigenvalue weighted by Crippen LogP contribution is -2.28. The highest BCUT2D eigenvalue weighted by molar-refractivity contribution is 8.19. The van der Waals surface area contributed by atoms with Crippen molar-refractivity contribution in [3.8, 4) is 0 Å². The maximum Gasteiger partial charge on any atom is 0.298 e. The molecule has 0 aromatic heterocycles. The average Bonchev–Trinajstić information content (AvgIpc) is 3.09. The van der Waals surface area contributed by atoms with E-state index < -0.39 is 5.91 Å². The van der Waals surface area contributed by atoms with Gasteiger partial charge < -0.3 is 4.90 Å². The van der Waals surface area contributed by atoms with Gasteiger partial charge in [0.15, 0.2) is 0 Å². The summed E-state index contributed by atoms with van der Waals surface area (Å²) >= 11 is 0.823. The third-order valence-corrected chi connectivity index (χ3v) is 5.59. The summed E-state index contributed by atoms with van der Waals surface area (Å²) in [6.07, 6.45) is 0.879.